The number of halogens is 2. The van der Waals surface area contributed by atoms with E-state index in [1.165, 1.54) is 13.1 Å². The zero-order valence-electron chi connectivity index (χ0n) is 6.40. The number of aromatic amines is 1. The lowest BCUT2D eigenvalue weighted by Gasteiger charge is -2.03. The second kappa shape index (κ2) is 2.92. The van der Waals surface area contributed by atoms with E-state index in [9.17, 15) is 13.6 Å². The summed E-state index contributed by atoms with van der Waals surface area (Å²) < 4.78 is 24.2. The molecule has 1 rings (SSSR count). The van der Waals surface area contributed by atoms with E-state index in [1.54, 1.807) is 0 Å². The van der Waals surface area contributed by atoms with Crippen LogP contribution in [0.2, 0.25) is 0 Å². The molecular weight excluding hydrogens is 166 g/mol. The quantitative estimate of drug-likeness (QED) is 0.672. The number of aryl methyl sites for hydroxylation is 1. The molecule has 1 heterocycles. The highest BCUT2D eigenvalue weighted by atomic mass is 19.3. The average Bonchev–Trinajstić information content (AvgIpc) is 2.00. The average molecular weight is 174 g/mol. The molecule has 5 heteroatoms. The molecule has 0 aromatic carbocycles. The molecule has 12 heavy (non-hydrogen) atoms. The van der Waals surface area contributed by atoms with E-state index in [4.69, 9.17) is 5.73 Å². The van der Waals surface area contributed by atoms with Gasteiger partial charge in [-0.3, -0.25) is 4.79 Å². The number of hydrogen-bond acceptors (Lipinski definition) is 2. The first-order chi connectivity index (χ1) is 5.54. The number of aromatic nitrogens is 1. The van der Waals surface area contributed by atoms with Crippen LogP contribution in [0.5, 0.6) is 0 Å². The van der Waals surface area contributed by atoms with Crippen LogP contribution in [0, 0.1) is 6.92 Å². The molecule has 0 unspecified atom stereocenters. The first kappa shape index (κ1) is 8.70. The number of hydrogen-bond donors (Lipinski definition) is 2. The number of nitrogen functional groups attached to an aromatic ring is 1. The van der Waals surface area contributed by atoms with Crippen molar-refractivity contribution in [2.24, 2.45) is 0 Å². The van der Waals surface area contributed by atoms with Gasteiger partial charge in [-0.1, -0.05) is 0 Å². The van der Waals surface area contributed by atoms with Crippen molar-refractivity contribution in [1.29, 1.82) is 0 Å². The highest BCUT2D eigenvalue weighted by molar-refractivity contribution is 5.45. The van der Waals surface area contributed by atoms with Crippen LogP contribution in [0.1, 0.15) is 17.7 Å². The first-order valence-electron chi connectivity index (χ1n) is 3.30. The van der Waals surface area contributed by atoms with Crippen LogP contribution in [0.4, 0.5) is 14.5 Å². The number of nitrogens with one attached hydrogen (secondary N) is 1. The summed E-state index contributed by atoms with van der Waals surface area (Å²) in [7, 11) is 0. The second-order valence-electron chi connectivity index (χ2n) is 2.43. The van der Waals surface area contributed by atoms with Crippen LogP contribution >= 0.6 is 0 Å². The summed E-state index contributed by atoms with van der Waals surface area (Å²) >= 11 is 0. The van der Waals surface area contributed by atoms with Crippen LogP contribution in [0.25, 0.3) is 0 Å². The zero-order chi connectivity index (χ0) is 9.30. The third-order valence-electron chi connectivity index (χ3n) is 1.56. The maximum Gasteiger partial charge on any atom is 0.280 e. The van der Waals surface area contributed by atoms with Crippen LogP contribution in [-0.4, -0.2) is 4.98 Å². The summed E-state index contributed by atoms with van der Waals surface area (Å²) in [5.74, 6) is 0. The molecule has 0 saturated carbocycles. The highest BCUT2D eigenvalue weighted by Gasteiger charge is 2.14. The molecule has 1 aromatic heterocycles. The van der Waals surface area contributed by atoms with Crippen molar-refractivity contribution in [2.45, 2.75) is 13.3 Å². The Kier molecular flexibility index (Phi) is 2.12. The number of anilines is 1. The molecule has 0 radical (unpaired) electrons. The molecule has 0 aliphatic rings. The predicted molar refractivity (Wildman–Crippen MR) is 41.2 cm³/mol. The number of rotatable bonds is 1. The molecule has 66 valence electrons. The lowest BCUT2D eigenvalue weighted by atomic mass is 10.2. The summed E-state index contributed by atoms with van der Waals surface area (Å²) in [5.41, 5.74) is 4.05. The largest absolute Gasteiger partial charge is 0.394 e. The van der Waals surface area contributed by atoms with E-state index in [-0.39, 0.29) is 0 Å². The molecule has 3 N–H and O–H groups in total. The fourth-order valence-electron chi connectivity index (χ4n) is 0.845. The maximum absolute atomic E-state index is 12.1. The van der Waals surface area contributed by atoms with Gasteiger partial charge >= 0.3 is 0 Å². The third kappa shape index (κ3) is 1.30. The van der Waals surface area contributed by atoms with Gasteiger partial charge in [0.05, 0.1) is 0 Å². The minimum Gasteiger partial charge on any atom is -0.394 e. The third-order valence-corrected chi connectivity index (χ3v) is 1.56. The monoisotopic (exact) mass is 174 g/mol. The van der Waals surface area contributed by atoms with E-state index in [0.717, 1.165) is 0 Å². The van der Waals surface area contributed by atoms with Crippen molar-refractivity contribution in [1.82, 2.24) is 4.98 Å². The Hall–Kier alpha value is -1.39. The molecule has 0 atom stereocenters. The van der Waals surface area contributed by atoms with E-state index in [0.29, 0.717) is 5.56 Å². The lowest BCUT2D eigenvalue weighted by Crippen LogP contribution is -2.15. The Labute approximate surface area is 67.2 Å². The summed E-state index contributed by atoms with van der Waals surface area (Å²) in [5, 5.41) is 0. The van der Waals surface area contributed by atoms with Crippen molar-refractivity contribution >= 4 is 5.69 Å². The van der Waals surface area contributed by atoms with E-state index < -0.39 is 23.2 Å². The summed E-state index contributed by atoms with van der Waals surface area (Å²) in [4.78, 5) is 13.3. The first-order valence-corrected chi connectivity index (χ1v) is 3.30. The van der Waals surface area contributed by atoms with Gasteiger partial charge in [0.25, 0.3) is 6.43 Å². The molecule has 0 amide bonds. The van der Waals surface area contributed by atoms with E-state index in [1.807, 2.05) is 0 Å². The molecular formula is C7H8F2N2O. The molecule has 0 aliphatic carbocycles. The predicted octanol–water partition coefficient (Wildman–Crippen LogP) is 1.20. The number of H-pyrrole nitrogens is 1. The van der Waals surface area contributed by atoms with Gasteiger partial charge in [0, 0.05) is 11.8 Å². The summed E-state index contributed by atoms with van der Waals surface area (Å²) in [6.45, 7) is 1.50. The van der Waals surface area contributed by atoms with Gasteiger partial charge in [0.1, 0.15) is 11.4 Å². The topological polar surface area (TPSA) is 58.9 Å². The summed E-state index contributed by atoms with van der Waals surface area (Å²) in [6, 6.07) is 0. The molecule has 0 spiro atoms. The van der Waals surface area contributed by atoms with E-state index in [2.05, 4.69) is 4.98 Å². The highest BCUT2D eigenvalue weighted by Crippen LogP contribution is 2.19. The Morgan fingerprint density at radius 2 is 2.17 bits per heavy atom. The van der Waals surface area contributed by atoms with Crippen molar-refractivity contribution in [3.05, 3.63) is 27.7 Å². The Morgan fingerprint density at radius 3 is 2.67 bits per heavy atom. The van der Waals surface area contributed by atoms with E-state index >= 15 is 0 Å². The number of nitrogens with two attached hydrogens (primary N) is 1. The van der Waals surface area contributed by atoms with Crippen LogP contribution in [0.15, 0.2) is 11.0 Å². The normalized spacial score (nSPS) is 10.7. The van der Waals surface area contributed by atoms with Gasteiger partial charge in [0.2, 0.25) is 5.43 Å². The maximum atomic E-state index is 12.1. The standard InChI is InChI=1S/C7H8F2N2O/c1-3-2-11-5(7(8)9)4(10)6(3)12/h2,7H,10H2,1H3,(H,11,12). The Morgan fingerprint density at radius 1 is 1.58 bits per heavy atom. The number of alkyl halides is 2. The minimum atomic E-state index is -2.74. The molecule has 0 aliphatic heterocycles. The smallest absolute Gasteiger partial charge is 0.280 e. The van der Waals surface area contributed by atoms with Crippen LogP contribution in [-0.2, 0) is 0 Å². The van der Waals surface area contributed by atoms with Gasteiger partial charge in [-0.25, -0.2) is 8.78 Å². The minimum absolute atomic E-state index is 0.330. The van der Waals surface area contributed by atoms with Gasteiger partial charge in [-0.2, -0.15) is 0 Å². The lowest BCUT2D eigenvalue weighted by molar-refractivity contribution is 0.147. The van der Waals surface area contributed by atoms with Crippen LogP contribution in [0.3, 0.4) is 0 Å². The molecule has 0 saturated heterocycles. The number of pyridine rings is 1. The van der Waals surface area contributed by atoms with Gasteiger partial charge in [0.15, 0.2) is 0 Å². The molecule has 1 aromatic rings. The fourth-order valence-corrected chi connectivity index (χ4v) is 0.845. The Balaban J connectivity index is 3.37. The van der Waals surface area contributed by atoms with Crippen molar-refractivity contribution < 1.29 is 8.78 Å². The molecule has 0 fully saturated rings. The SMILES string of the molecule is Cc1c[nH]c(C(F)F)c(N)c1=O. The van der Waals surface area contributed by atoms with Crippen molar-refractivity contribution in [2.75, 3.05) is 5.73 Å². The van der Waals surface area contributed by atoms with Crippen molar-refractivity contribution in [3.8, 4) is 0 Å². The molecule has 3 nitrogen and oxygen atoms in total. The summed E-state index contributed by atoms with van der Waals surface area (Å²) in [6.07, 6.45) is -1.52. The van der Waals surface area contributed by atoms with Crippen molar-refractivity contribution in [3.63, 3.8) is 0 Å². The van der Waals surface area contributed by atoms with Gasteiger partial charge < -0.3 is 10.7 Å². The zero-order valence-corrected chi connectivity index (χ0v) is 6.40. The Bertz CT molecular complexity index is 346. The van der Waals surface area contributed by atoms with Gasteiger partial charge in [-0.15, -0.1) is 0 Å². The van der Waals surface area contributed by atoms with Crippen LogP contribution < -0.4 is 11.2 Å². The molecule has 0 bridgehead atoms. The second-order valence-corrected chi connectivity index (χ2v) is 2.43. The fraction of sp³-hybridized carbons (Fsp3) is 0.286. The van der Waals surface area contributed by atoms with Gasteiger partial charge in [-0.05, 0) is 6.92 Å².